The largest absolute Gasteiger partial charge is 0.467 e. The molecule has 0 spiro atoms. The molecule has 0 saturated heterocycles. The number of furan rings is 1. The van der Waals surface area contributed by atoms with E-state index in [0.29, 0.717) is 23.7 Å². The lowest BCUT2D eigenvalue weighted by atomic mass is 10.1. The number of hydrogen-bond donors (Lipinski definition) is 3. The van der Waals surface area contributed by atoms with E-state index in [4.69, 9.17) is 16.0 Å². The van der Waals surface area contributed by atoms with Gasteiger partial charge in [-0.1, -0.05) is 23.7 Å². The number of urea groups is 1. The van der Waals surface area contributed by atoms with Crippen molar-refractivity contribution < 1.29 is 14.0 Å². The zero-order chi connectivity index (χ0) is 17.4. The van der Waals surface area contributed by atoms with Crippen LogP contribution in [-0.4, -0.2) is 24.5 Å². The maximum Gasteiger partial charge on any atom is 0.315 e. The Hall–Kier alpha value is -2.47. The molecular weight excluding hydrogens is 330 g/mol. The molecule has 0 fully saturated rings. The van der Waals surface area contributed by atoms with E-state index in [0.717, 1.165) is 5.56 Å². The van der Waals surface area contributed by atoms with Crippen LogP contribution in [0.1, 0.15) is 18.2 Å². The fourth-order valence-electron chi connectivity index (χ4n) is 2.07. The van der Waals surface area contributed by atoms with Crippen molar-refractivity contribution in [1.82, 2.24) is 16.0 Å². The molecule has 0 bridgehead atoms. The zero-order valence-electron chi connectivity index (χ0n) is 13.3. The number of nitrogens with one attached hydrogen (secondary N) is 3. The van der Waals surface area contributed by atoms with Crippen LogP contribution in [0, 0.1) is 0 Å². The van der Waals surface area contributed by atoms with Crippen LogP contribution < -0.4 is 16.0 Å². The molecular formula is C17H20ClN3O3. The Morgan fingerprint density at radius 1 is 1.21 bits per heavy atom. The lowest BCUT2D eigenvalue weighted by Gasteiger charge is -2.14. The molecule has 2 rings (SSSR count). The van der Waals surface area contributed by atoms with Crippen molar-refractivity contribution in [3.63, 3.8) is 0 Å². The highest BCUT2D eigenvalue weighted by Gasteiger charge is 2.15. The lowest BCUT2D eigenvalue weighted by molar-refractivity contribution is -0.122. The maximum absolute atomic E-state index is 11.9. The first-order valence-corrected chi connectivity index (χ1v) is 8.01. The van der Waals surface area contributed by atoms with Gasteiger partial charge in [-0.2, -0.15) is 0 Å². The van der Waals surface area contributed by atoms with Gasteiger partial charge in [-0.05, 0) is 43.2 Å². The number of carbonyl (C=O) groups is 2. The van der Waals surface area contributed by atoms with Crippen LogP contribution in [0.25, 0.3) is 0 Å². The molecule has 3 amide bonds. The summed E-state index contributed by atoms with van der Waals surface area (Å²) in [6.07, 6.45) is 2.20. The monoisotopic (exact) mass is 349 g/mol. The number of benzene rings is 1. The van der Waals surface area contributed by atoms with Crippen LogP contribution in [0.3, 0.4) is 0 Å². The number of rotatable bonds is 7. The van der Waals surface area contributed by atoms with Gasteiger partial charge in [-0.3, -0.25) is 4.79 Å². The van der Waals surface area contributed by atoms with Crippen molar-refractivity contribution >= 4 is 23.5 Å². The van der Waals surface area contributed by atoms with E-state index in [1.165, 1.54) is 6.26 Å². The molecule has 0 saturated carbocycles. The second kappa shape index (κ2) is 8.98. The van der Waals surface area contributed by atoms with Gasteiger partial charge in [0.05, 0.1) is 12.8 Å². The van der Waals surface area contributed by atoms with Crippen molar-refractivity contribution in [1.29, 1.82) is 0 Å². The molecule has 1 aromatic carbocycles. The van der Waals surface area contributed by atoms with Gasteiger partial charge in [-0.15, -0.1) is 0 Å². The minimum atomic E-state index is -0.647. The highest BCUT2D eigenvalue weighted by atomic mass is 35.5. The van der Waals surface area contributed by atoms with Crippen LogP contribution in [0.4, 0.5) is 4.79 Å². The highest BCUT2D eigenvalue weighted by molar-refractivity contribution is 6.30. The normalized spacial score (nSPS) is 11.6. The first-order valence-electron chi connectivity index (χ1n) is 7.63. The molecule has 1 aromatic heterocycles. The van der Waals surface area contributed by atoms with E-state index in [1.807, 2.05) is 18.2 Å². The molecule has 3 N–H and O–H groups in total. The molecule has 2 aromatic rings. The SMILES string of the molecule is C[C@H](NC(=O)NCCc1cccc(Cl)c1)C(=O)NCc1ccco1. The molecule has 7 heteroatoms. The van der Waals surface area contributed by atoms with Crippen LogP contribution >= 0.6 is 11.6 Å². The highest BCUT2D eigenvalue weighted by Crippen LogP contribution is 2.10. The van der Waals surface area contributed by atoms with Gasteiger partial charge in [0.15, 0.2) is 0 Å². The van der Waals surface area contributed by atoms with Gasteiger partial charge < -0.3 is 20.4 Å². The predicted octanol–water partition coefficient (Wildman–Crippen LogP) is 2.48. The van der Waals surface area contributed by atoms with Crippen LogP contribution in [0.15, 0.2) is 47.1 Å². The van der Waals surface area contributed by atoms with Gasteiger partial charge in [0.2, 0.25) is 5.91 Å². The topological polar surface area (TPSA) is 83.4 Å². The first kappa shape index (κ1) is 17.9. The summed E-state index contributed by atoms with van der Waals surface area (Å²) in [5.74, 6) is 0.373. The molecule has 0 aliphatic heterocycles. The molecule has 128 valence electrons. The smallest absolute Gasteiger partial charge is 0.315 e. The fourth-order valence-corrected chi connectivity index (χ4v) is 2.28. The Morgan fingerprint density at radius 3 is 2.75 bits per heavy atom. The Kier molecular flexibility index (Phi) is 6.69. The van der Waals surface area contributed by atoms with Crippen molar-refractivity contribution in [2.75, 3.05) is 6.54 Å². The number of hydrogen-bond acceptors (Lipinski definition) is 3. The minimum absolute atomic E-state index is 0.281. The first-order chi connectivity index (χ1) is 11.5. The lowest BCUT2D eigenvalue weighted by Crippen LogP contribution is -2.48. The van der Waals surface area contributed by atoms with Crippen molar-refractivity contribution in [2.45, 2.75) is 25.9 Å². The second-order valence-corrected chi connectivity index (χ2v) is 5.74. The summed E-state index contributed by atoms with van der Waals surface area (Å²) >= 11 is 5.91. The second-order valence-electron chi connectivity index (χ2n) is 5.30. The maximum atomic E-state index is 11.9. The fraction of sp³-hybridized carbons (Fsp3) is 0.294. The quantitative estimate of drug-likeness (QED) is 0.718. The van der Waals surface area contributed by atoms with Crippen LogP contribution in [0.2, 0.25) is 5.02 Å². The van der Waals surface area contributed by atoms with E-state index < -0.39 is 12.1 Å². The van der Waals surface area contributed by atoms with Crippen molar-refractivity contribution in [3.05, 3.63) is 59.0 Å². The minimum Gasteiger partial charge on any atom is -0.467 e. The van der Waals surface area contributed by atoms with Crippen molar-refractivity contribution in [3.8, 4) is 0 Å². The van der Waals surface area contributed by atoms with E-state index in [1.54, 1.807) is 25.1 Å². The summed E-state index contributed by atoms with van der Waals surface area (Å²) < 4.78 is 5.12. The third-order valence-corrected chi connectivity index (χ3v) is 3.58. The van der Waals surface area contributed by atoms with Crippen molar-refractivity contribution in [2.24, 2.45) is 0 Å². The summed E-state index contributed by atoms with van der Waals surface area (Å²) in [6.45, 7) is 2.36. The summed E-state index contributed by atoms with van der Waals surface area (Å²) in [5.41, 5.74) is 1.03. The van der Waals surface area contributed by atoms with E-state index in [2.05, 4.69) is 16.0 Å². The Morgan fingerprint density at radius 2 is 2.04 bits per heavy atom. The zero-order valence-corrected chi connectivity index (χ0v) is 14.1. The summed E-state index contributed by atoms with van der Waals surface area (Å²) in [6, 6.07) is 9.93. The van der Waals surface area contributed by atoms with Crippen LogP contribution in [0.5, 0.6) is 0 Å². The summed E-state index contributed by atoms with van der Waals surface area (Å²) in [7, 11) is 0. The van der Waals surface area contributed by atoms with Gasteiger partial charge >= 0.3 is 6.03 Å². The molecule has 0 aliphatic rings. The van der Waals surface area contributed by atoms with Gasteiger partial charge in [0, 0.05) is 11.6 Å². The predicted molar refractivity (Wildman–Crippen MR) is 91.7 cm³/mol. The standard InChI is InChI=1S/C17H20ClN3O3/c1-12(16(22)20-11-15-6-3-9-24-15)21-17(23)19-8-7-13-4-2-5-14(18)10-13/h2-6,9-10,12H,7-8,11H2,1H3,(H,20,22)(H2,19,21,23)/t12-/m0/s1. The Labute approximate surface area is 145 Å². The number of carbonyl (C=O) groups excluding carboxylic acids is 2. The van der Waals surface area contributed by atoms with E-state index >= 15 is 0 Å². The third-order valence-electron chi connectivity index (χ3n) is 3.35. The Bertz CT molecular complexity index is 673. The van der Waals surface area contributed by atoms with Crippen LogP contribution in [-0.2, 0) is 17.8 Å². The average molecular weight is 350 g/mol. The molecule has 0 radical (unpaired) electrons. The van der Waals surface area contributed by atoms with Gasteiger partial charge in [0.25, 0.3) is 0 Å². The Balaban J connectivity index is 1.66. The molecule has 1 heterocycles. The molecule has 0 aliphatic carbocycles. The average Bonchev–Trinajstić information content (AvgIpc) is 3.06. The summed E-state index contributed by atoms with van der Waals surface area (Å²) in [4.78, 5) is 23.7. The molecule has 24 heavy (non-hydrogen) atoms. The molecule has 6 nitrogen and oxygen atoms in total. The van der Waals surface area contributed by atoms with E-state index in [-0.39, 0.29) is 12.5 Å². The van der Waals surface area contributed by atoms with Gasteiger partial charge in [-0.25, -0.2) is 4.79 Å². The number of amides is 3. The van der Waals surface area contributed by atoms with E-state index in [9.17, 15) is 9.59 Å². The number of halogens is 1. The third kappa shape index (κ3) is 5.96. The van der Waals surface area contributed by atoms with Gasteiger partial charge in [0.1, 0.15) is 11.8 Å². The molecule has 0 unspecified atom stereocenters. The summed E-state index contributed by atoms with van der Waals surface area (Å²) in [5, 5.41) is 8.66. The molecule has 1 atom stereocenters.